The van der Waals surface area contributed by atoms with Gasteiger partial charge in [-0.15, -0.1) is 0 Å². The van der Waals surface area contributed by atoms with E-state index in [1.165, 1.54) is 33.2 Å². The van der Waals surface area contributed by atoms with Crippen LogP contribution in [0.2, 0.25) is 0 Å². The van der Waals surface area contributed by atoms with Gasteiger partial charge in [-0.3, -0.25) is 0 Å². The van der Waals surface area contributed by atoms with E-state index in [9.17, 15) is 0 Å². The molecule has 2 heterocycles. The van der Waals surface area contributed by atoms with E-state index in [-0.39, 0.29) is 12.0 Å². The van der Waals surface area contributed by atoms with E-state index in [0.717, 1.165) is 38.6 Å². The van der Waals surface area contributed by atoms with Crippen LogP contribution in [0.4, 0.5) is 0 Å². The number of aromatic nitrogens is 3. The lowest BCUT2D eigenvalue weighted by Gasteiger charge is -2.24. The first kappa shape index (κ1) is 29.3. The van der Waals surface area contributed by atoms with Crippen LogP contribution in [-0.4, -0.2) is 21.1 Å². The molecule has 0 amide bonds. The quantitative estimate of drug-likeness (QED) is 0.185. The standard InChI is InChI=1S/C47H31N3O/c1-3-12-30(13-4-1)34-24-27-42-41(29-34)44-39(20-11-21-43(44)51-42)38-25-26-40(37-19-10-9-18-36(37)38)47-49-45(32-15-5-2-6-16-32)48-46(50-47)35-23-22-31-14-7-8-17-33(31)28-35/h1-29,43-44H. The van der Waals surface area contributed by atoms with Crippen LogP contribution >= 0.6 is 0 Å². The van der Waals surface area contributed by atoms with Crippen molar-refractivity contribution in [3.8, 4) is 51.0 Å². The predicted octanol–water partition coefficient (Wildman–Crippen LogP) is 11.3. The van der Waals surface area contributed by atoms with Crippen LogP contribution < -0.4 is 4.74 Å². The molecule has 4 nitrogen and oxygen atoms in total. The van der Waals surface area contributed by atoms with Gasteiger partial charge in [-0.05, 0) is 74.1 Å². The molecule has 2 unspecified atom stereocenters. The molecular weight excluding hydrogens is 623 g/mol. The maximum Gasteiger partial charge on any atom is 0.164 e. The topological polar surface area (TPSA) is 47.9 Å². The lowest BCUT2D eigenvalue weighted by molar-refractivity contribution is 0.271. The third-order valence-electron chi connectivity index (χ3n) is 10.1. The van der Waals surface area contributed by atoms with Gasteiger partial charge in [-0.25, -0.2) is 15.0 Å². The van der Waals surface area contributed by atoms with Gasteiger partial charge >= 0.3 is 0 Å². The van der Waals surface area contributed by atoms with Gasteiger partial charge < -0.3 is 4.74 Å². The Kier molecular flexibility index (Phi) is 6.91. The van der Waals surface area contributed by atoms with Gasteiger partial charge in [0.05, 0.1) is 5.92 Å². The first-order chi connectivity index (χ1) is 25.3. The molecule has 10 rings (SSSR count). The second-order valence-corrected chi connectivity index (χ2v) is 13.1. The number of hydrogen-bond acceptors (Lipinski definition) is 4. The van der Waals surface area contributed by atoms with Gasteiger partial charge in [0.25, 0.3) is 0 Å². The van der Waals surface area contributed by atoms with Crippen molar-refractivity contribution in [2.45, 2.75) is 12.0 Å². The molecule has 0 saturated heterocycles. The largest absolute Gasteiger partial charge is 0.485 e. The van der Waals surface area contributed by atoms with Crippen molar-refractivity contribution in [3.63, 3.8) is 0 Å². The van der Waals surface area contributed by atoms with Crippen molar-refractivity contribution in [2.75, 3.05) is 0 Å². The van der Waals surface area contributed by atoms with Crippen LogP contribution in [0.25, 0.3) is 72.4 Å². The second-order valence-electron chi connectivity index (χ2n) is 13.1. The number of nitrogens with zero attached hydrogens (tertiary/aromatic N) is 3. The third-order valence-corrected chi connectivity index (χ3v) is 10.1. The van der Waals surface area contributed by atoms with Crippen LogP contribution in [0.5, 0.6) is 5.75 Å². The van der Waals surface area contributed by atoms with Crippen molar-refractivity contribution in [2.24, 2.45) is 0 Å². The highest BCUT2D eigenvalue weighted by Gasteiger charge is 2.38. The normalized spacial score (nSPS) is 16.0. The Hall–Kier alpha value is -6.65. The Morgan fingerprint density at radius 2 is 1.08 bits per heavy atom. The van der Waals surface area contributed by atoms with Crippen molar-refractivity contribution in [1.82, 2.24) is 15.0 Å². The van der Waals surface area contributed by atoms with Crippen molar-refractivity contribution in [3.05, 3.63) is 187 Å². The molecule has 0 fully saturated rings. The Labute approximate surface area is 296 Å². The zero-order chi connectivity index (χ0) is 33.7. The van der Waals surface area contributed by atoms with Crippen molar-refractivity contribution in [1.29, 1.82) is 0 Å². The molecule has 0 radical (unpaired) electrons. The minimum absolute atomic E-state index is 0.0639. The van der Waals surface area contributed by atoms with Crippen LogP contribution in [0.1, 0.15) is 17.0 Å². The zero-order valence-electron chi connectivity index (χ0n) is 27.6. The SMILES string of the molecule is C1=CC2Oc3ccc(-c4ccccc4)cc3C2C(c2ccc(-c3nc(-c4ccccc4)nc(-c4ccc5ccccc5c4)n3)c3ccccc23)=C1. The molecule has 0 saturated carbocycles. The predicted molar refractivity (Wildman–Crippen MR) is 207 cm³/mol. The van der Waals surface area contributed by atoms with E-state index in [0.29, 0.717) is 17.5 Å². The van der Waals surface area contributed by atoms with Gasteiger partial charge in [-0.2, -0.15) is 0 Å². The first-order valence-electron chi connectivity index (χ1n) is 17.3. The maximum absolute atomic E-state index is 6.54. The molecular formula is C47H31N3O. The number of fused-ring (bicyclic) bond motifs is 5. The minimum atomic E-state index is -0.0639. The van der Waals surface area contributed by atoms with Crippen LogP contribution in [0.3, 0.4) is 0 Å². The summed E-state index contributed by atoms with van der Waals surface area (Å²) in [5.74, 6) is 2.96. The fraction of sp³-hybridized carbons (Fsp3) is 0.0426. The van der Waals surface area contributed by atoms with Gasteiger partial charge in [-0.1, -0.05) is 146 Å². The fourth-order valence-corrected chi connectivity index (χ4v) is 7.64. The molecule has 1 aromatic heterocycles. The minimum Gasteiger partial charge on any atom is -0.485 e. The summed E-state index contributed by atoms with van der Waals surface area (Å²) in [5, 5.41) is 4.57. The average Bonchev–Trinajstić information content (AvgIpc) is 3.59. The van der Waals surface area contributed by atoms with Crippen molar-refractivity contribution >= 4 is 27.1 Å². The Balaban J connectivity index is 1.12. The summed E-state index contributed by atoms with van der Waals surface area (Å²) in [7, 11) is 0. The summed E-state index contributed by atoms with van der Waals surface area (Å²) in [6, 6.07) is 55.1. The summed E-state index contributed by atoms with van der Waals surface area (Å²) in [6.45, 7) is 0. The number of benzene rings is 7. The zero-order valence-corrected chi connectivity index (χ0v) is 27.6. The summed E-state index contributed by atoms with van der Waals surface area (Å²) < 4.78 is 6.54. The number of hydrogen-bond donors (Lipinski definition) is 0. The summed E-state index contributed by atoms with van der Waals surface area (Å²) in [5.41, 5.74) is 8.90. The van der Waals surface area contributed by atoms with Crippen molar-refractivity contribution < 1.29 is 4.74 Å². The van der Waals surface area contributed by atoms with E-state index in [2.05, 4.69) is 158 Å². The average molecular weight is 654 g/mol. The lowest BCUT2D eigenvalue weighted by Crippen LogP contribution is -2.19. The van der Waals surface area contributed by atoms with Gasteiger partial charge in [0.2, 0.25) is 0 Å². The second kappa shape index (κ2) is 12.0. The summed E-state index contributed by atoms with van der Waals surface area (Å²) in [6.07, 6.45) is 6.50. The highest BCUT2D eigenvalue weighted by atomic mass is 16.5. The number of rotatable bonds is 5. The monoisotopic (exact) mass is 653 g/mol. The Bertz CT molecular complexity index is 2680. The molecule has 2 aliphatic rings. The smallest absolute Gasteiger partial charge is 0.164 e. The molecule has 8 aromatic rings. The molecule has 0 spiro atoms. The first-order valence-corrected chi connectivity index (χ1v) is 17.3. The Morgan fingerprint density at radius 3 is 1.88 bits per heavy atom. The molecule has 2 atom stereocenters. The van der Waals surface area contributed by atoms with Crippen LogP contribution in [-0.2, 0) is 0 Å². The number of ether oxygens (including phenoxy) is 1. The Morgan fingerprint density at radius 1 is 0.451 bits per heavy atom. The van der Waals surface area contributed by atoms with E-state index in [1.807, 2.05) is 18.2 Å². The van der Waals surface area contributed by atoms with E-state index >= 15 is 0 Å². The molecule has 4 heteroatoms. The molecule has 0 N–H and O–H groups in total. The molecule has 0 bridgehead atoms. The molecule has 7 aromatic carbocycles. The number of allylic oxidation sites excluding steroid dienone is 2. The third kappa shape index (κ3) is 5.12. The fourth-order valence-electron chi connectivity index (χ4n) is 7.64. The lowest BCUT2D eigenvalue weighted by atomic mass is 9.79. The van der Waals surface area contributed by atoms with E-state index in [4.69, 9.17) is 19.7 Å². The van der Waals surface area contributed by atoms with Crippen LogP contribution in [0, 0.1) is 0 Å². The summed E-state index contributed by atoms with van der Waals surface area (Å²) in [4.78, 5) is 15.3. The van der Waals surface area contributed by atoms with Crippen LogP contribution in [0.15, 0.2) is 176 Å². The molecule has 1 aliphatic carbocycles. The molecule has 240 valence electrons. The molecule has 1 aliphatic heterocycles. The van der Waals surface area contributed by atoms with E-state index in [1.54, 1.807) is 0 Å². The summed E-state index contributed by atoms with van der Waals surface area (Å²) >= 11 is 0. The highest BCUT2D eigenvalue weighted by molar-refractivity contribution is 6.03. The van der Waals surface area contributed by atoms with E-state index < -0.39 is 0 Å². The highest BCUT2D eigenvalue weighted by Crippen LogP contribution is 2.50. The molecule has 51 heavy (non-hydrogen) atoms. The van der Waals surface area contributed by atoms with Gasteiger partial charge in [0.15, 0.2) is 17.5 Å². The maximum atomic E-state index is 6.54. The van der Waals surface area contributed by atoms with Gasteiger partial charge in [0, 0.05) is 22.3 Å². The van der Waals surface area contributed by atoms with Gasteiger partial charge in [0.1, 0.15) is 11.9 Å².